The van der Waals surface area contributed by atoms with E-state index in [1.165, 1.54) is 0 Å². The Morgan fingerprint density at radius 3 is 2.52 bits per heavy atom. The Morgan fingerprint density at radius 2 is 1.79 bits per heavy atom. The Hall–Kier alpha value is -3.15. The molecule has 0 aromatic heterocycles. The third-order valence-corrected chi connectivity index (χ3v) is 5.00. The van der Waals surface area contributed by atoms with Crippen LogP contribution in [0.15, 0.2) is 48.5 Å². The molecule has 2 aromatic carbocycles. The molecular weight excluding hydrogens is 366 g/mol. The quantitative estimate of drug-likeness (QED) is 0.790. The highest BCUT2D eigenvalue weighted by molar-refractivity contribution is 6.07. The van der Waals surface area contributed by atoms with Crippen LogP contribution in [0.4, 0.5) is 11.4 Å². The molecule has 0 spiro atoms. The summed E-state index contributed by atoms with van der Waals surface area (Å²) in [6, 6.07) is 14.6. The summed E-state index contributed by atoms with van der Waals surface area (Å²) < 4.78 is 0. The zero-order valence-electron chi connectivity index (χ0n) is 17.1. The zero-order valence-corrected chi connectivity index (χ0v) is 17.1. The third kappa shape index (κ3) is 4.83. The molecule has 0 aliphatic carbocycles. The van der Waals surface area contributed by atoms with Gasteiger partial charge in [0.2, 0.25) is 11.8 Å². The molecular formula is C23H27N3O3. The predicted molar refractivity (Wildman–Crippen MR) is 114 cm³/mol. The molecule has 2 aromatic rings. The van der Waals surface area contributed by atoms with Crippen LogP contribution in [0.5, 0.6) is 0 Å². The fourth-order valence-electron chi connectivity index (χ4n) is 3.40. The molecule has 6 nitrogen and oxygen atoms in total. The van der Waals surface area contributed by atoms with Gasteiger partial charge >= 0.3 is 0 Å². The monoisotopic (exact) mass is 393 g/mol. The van der Waals surface area contributed by atoms with Crippen molar-refractivity contribution in [3.8, 4) is 0 Å². The lowest BCUT2D eigenvalue weighted by Gasteiger charge is -2.19. The minimum atomic E-state index is -0.464. The fraction of sp³-hybridized carbons (Fsp3) is 0.348. The normalized spacial score (nSPS) is 16.2. The maximum Gasteiger partial charge on any atom is 0.253 e. The van der Waals surface area contributed by atoms with Gasteiger partial charge in [-0.15, -0.1) is 0 Å². The number of hydrogen-bond donors (Lipinski definition) is 2. The van der Waals surface area contributed by atoms with Gasteiger partial charge in [0.05, 0.1) is 17.2 Å². The average Bonchev–Trinajstić information content (AvgIpc) is 3.08. The van der Waals surface area contributed by atoms with E-state index >= 15 is 0 Å². The summed E-state index contributed by atoms with van der Waals surface area (Å²) in [6.07, 6.45) is 0.155. The number of rotatable bonds is 6. The van der Waals surface area contributed by atoms with Crippen molar-refractivity contribution in [1.29, 1.82) is 0 Å². The first-order valence-electron chi connectivity index (χ1n) is 9.91. The number of nitrogens with one attached hydrogen (secondary N) is 2. The summed E-state index contributed by atoms with van der Waals surface area (Å²) in [5.41, 5.74) is 2.71. The average molecular weight is 393 g/mol. The minimum Gasteiger partial charge on any atom is -0.352 e. The van der Waals surface area contributed by atoms with E-state index < -0.39 is 5.92 Å². The molecule has 1 aliphatic heterocycles. The van der Waals surface area contributed by atoms with Gasteiger partial charge in [0.1, 0.15) is 0 Å². The standard InChI is InChI=1S/C23H27N3O3/c1-15(2)13-24-23(29)18-9-5-6-10-19(18)25-22(28)17-12-21(27)26(14-17)20-11-7-4-8-16(20)3/h4-11,15,17H,12-14H2,1-3H3,(H,24,29)(H,25,28)/t17-/m0/s1. The fourth-order valence-corrected chi connectivity index (χ4v) is 3.40. The van der Waals surface area contributed by atoms with E-state index in [0.717, 1.165) is 11.3 Å². The Morgan fingerprint density at radius 1 is 1.10 bits per heavy atom. The van der Waals surface area contributed by atoms with Crippen molar-refractivity contribution in [2.75, 3.05) is 23.3 Å². The van der Waals surface area contributed by atoms with Crippen LogP contribution in [0.1, 0.15) is 36.2 Å². The predicted octanol–water partition coefficient (Wildman–Crippen LogP) is 3.37. The van der Waals surface area contributed by atoms with Crippen LogP contribution in [-0.2, 0) is 9.59 Å². The number of nitrogens with zero attached hydrogens (tertiary/aromatic N) is 1. The molecule has 0 unspecified atom stereocenters. The van der Waals surface area contributed by atoms with Crippen molar-refractivity contribution in [2.45, 2.75) is 27.2 Å². The van der Waals surface area contributed by atoms with Gasteiger partial charge in [-0.25, -0.2) is 0 Å². The maximum atomic E-state index is 12.8. The van der Waals surface area contributed by atoms with Gasteiger partial charge in [0, 0.05) is 25.2 Å². The van der Waals surface area contributed by atoms with E-state index in [-0.39, 0.29) is 24.1 Å². The highest BCUT2D eigenvalue weighted by Crippen LogP contribution is 2.28. The molecule has 1 fully saturated rings. The van der Waals surface area contributed by atoms with Crippen LogP contribution in [0.25, 0.3) is 0 Å². The second-order valence-electron chi connectivity index (χ2n) is 7.83. The Labute approximate surface area is 171 Å². The van der Waals surface area contributed by atoms with E-state index in [0.29, 0.717) is 30.3 Å². The smallest absolute Gasteiger partial charge is 0.253 e. The lowest BCUT2D eigenvalue weighted by atomic mass is 10.1. The Kier molecular flexibility index (Phi) is 6.32. The molecule has 2 N–H and O–H groups in total. The highest BCUT2D eigenvalue weighted by atomic mass is 16.2. The molecule has 152 valence electrons. The topological polar surface area (TPSA) is 78.5 Å². The lowest BCUT2D eigenvalue weighted by Crippen LogP contribution is -2.30. The molecule has 3 amide bonds. The van der Waals surface area contributed by atoms with E-state index in [2.05, 4.69) is 10.6 Å². The SMILES string of the molecule is Cc1ccccc1N1C[C@@H](C(=O)Nc2ccccc2C(=O)NCC(C)C)CC1=O. The number of carbonyl (C=O) groups is 3. The second-order valence-corrected chi connectivity index (χ2v) is 7.83. The van der Waals surface area contributed by atoms with Crippen molar-refractivity contribution < 1.29 is 14.4 Å². The van der Waals surface area contributed by atoms with Crippen LogP contribution >= 0.6 is 0 Å². The molecule has 3 rings (SSSR count). The van der Waals surface area contributed by atoms with Crippen LogP contribution in [0, 0.1) is 18.8 Å². The highest BCUT2D eigenvalue weighted by Gasteiger charge is 2.35. The van der Waals surface area contributed by atoms with Gasteiger partial charge in [0.15, 0.2) is 0 Å². The van der Waals surface area contributed by atoms with Crippen molar-refractivity contribution in [1.82, 2.24) is 5.32 Å². The van der Waals surface area contributed by atoms with Crippen molar-refractivity contribution in [3.05, 3.63) is 59.7 Å². The Bertz CT molecular complexity index is 923. The van der Waals surface area contributed by atoms with E-state index in [9.17, 15) is 14.4 Å². The van der Waals surface area contributed by atoms with Gasteiger partial charge in [-0.3, -0.25) is 14.4 Å². The summed E-state index contributed by atoms with van der Waals surface area (Å²) in [5, 5.41) is 5.72. The molecule has 0 radical (unpaired) electrons. The summed E-state index contributed by atoms with van der Waals surface area (Å²) >= 11 is 0. The molecule has 1 aliphatic rings. The third-order valence-electron chi connectivity index (χ3n) is 5.00. The van der Waals surface area contributed by atoms with Crippen molar-refractivity contribution >= 4 is 29.1 Å². The molecule has 29 heavy (non-hydrogen) atoms. The molecule has 1 heterocycles. The van der Waals surface area contributed by atoms with Crippen LogP contribution in [0.2, 0.25) is 0 Å². The molecule has 6 heteroatoms. The number of para-hydroxylation sites is 2. The minimum absolute atomic E-state index is 0.0672. The van der Waals surface area contributed by atoms with E-state index in [4.69, 9.17) is 0 Å². The first kappa shape index (κ1) is 20.6. The van der Waals surface area contributed by atoms with Crippen LogP contribution in [-0.4, -0.2) is 30.8 Å². The summed E-state index contributed by atoms with van der Waals surface area (Å²) in [4.78, 5) is 39.5. The Balaban J connectivity index is 1.71. The summed E-state index contributed by atoms with van der Waals surface area (Å²) in [5.74, 6) is -0.675. The van der Waals surface area contributed by atoms with E-state index in [1.54, 1.807) is 29.2 Å². The van der Waals surface area contributed by atoms with E-state index in [1.807, 2.05) is 45.0 Å². The van der Waals surface area contributed by atoms with Crippen molar-refractivity contribution in [2.24, 2.45) is 11.8 Å². The molecule has 1 atom stereocenters. The number of benzene rings is 2. The summed E-state index contributed by atoms with van der Waals surface area (Å²) in [6.45, 7) is 6.87. The lowest BCUT2D eigenvalue weighted by molar-refractivity contribution is -0.122. The molecule has 1 saturated heterocycles. The number of hydrogen-bond acceptors (Lipinski definition) is 3. The van der Waals surface area contributed by atoms with Crippen LogP contribution in [0.3, 0.4) is 0 Å². The zero-order chi connectivity index (χ0) is 21.0. The van der Waals surface area contributed by atoms with Gasteiger partial charge < -0.3 is 15.5 Å². The number of anilines is 2. The number of carbonyl (C=O) groups excluding carboxylic acids is 3. The summed E-state index contributed by atoms with van der Waals surface area (Å²) in [7, 11) is 0. The first-order valence-corrected chi connectivity index (χ1v) is 9.91. The van der Waals surface area contributed by atoms with Gasteiger partial charge in [-0.2, -0.15) is 0 Å². The van der Waals surface area contributed by atoms with Gasteiger partial charge in [-0.1, -0.05) is 44.2 Å². The van der Waals surface area contributed by atoms with Gasteiger partial charge in [0.25, 0.3) is 5.91 Å². The van der Waals surface area contributed by atoms with Crippen LogP contribution < -0.4 is 15.5 Å². The number of aryl methyl sites for hydroxylation is 1. The molecule has 0 saturated carbocycles. The maximum absolute atomic E-state index is 12.8. The first-order chi connectivity index (χ1) is 13.9. The van der Waals surface area contributed by atoms with Crippen molar-refractivity contribution in [3.63, 3.8) is 0 Å². The second kappa shape index (κ2) is 8.90. The molecule has 0 bridgehead atoms. The number of amides is 3. The largest absolute Gasteiger partial charge is 0.352 e. The van der Waals surface area contributed by atoms with Gasteiger partial charge in [-0.05, 0) is 36.6 Å².